The first-order chi connectivity index (χ1) is 7.75. The van der Waals surface area contributed by atoms with E-state index in [0.29, 0.717) is 0 Å². The van der Waals surface area contributed by atoms with Crippen LogP contribution in [0.2, 0.25) is 0 Å². The standard InChI is InChI=1S/C12H8N2O2/c15-12(16)11-6-8-7-2-1-5-13-9(7)3-4-10(8)14-11/h1-6,14H,(H,15,16). The smallest absolute Gasteiger partial charge is 0.352 e. The van der Waals surface area contributed by atoms with Gasteiger partial charge in [0.2, 0.25) is 0 Å². The molecular formula is C12H8N2O2. The largest absolute Gasteiger partial charge is 0.477 e. The van der Waals surface area contributed by atoms with Crippen LogP contribution in [0.4, 0.5) is 0 Å². The predicted octanol–water partition coefficient (Wildman–Crippen LogP) is 2.41. The highest BCUT2D eigenvalue weighted by Crippen LogP contribution is 2.24. The Morgan fingerprint density at radius 2 is 2.12 bits per heavy atom. The number of nitrogens with zero attached hydrogens (tertiary/aromatic N) is 1. The molecule has 16 heavy (non-hydrogen) atoms. The molecule has 0 aliphatic carbocycles. The molecule has 78 valence electrons. The van der Waals surface area contributed by atoms with Crippen molar-refractivity contribution in [1.82, 2.24) is 9.97 Å². The molecule has 0 aliphatic heterocycles. The van der Waals surface area contributed by atoms with Crippen LogP contribution >= 0.6 is 0 Å². The lowest BCUT2D eigenvalue weighted by Crippen LogP contribution is -1.94. The summed E-state index contributed by atoms with van der Waals surface area (Å²) in [6.45, 7) is 0. The molecule has 2 aromatic heterocycles. The van der Waals surface area contributed by atoms with Crippen LogP contribution in [0.3, 0.4) is 0 Å². The summed E-state index contributed by atoms with van der Waals surface area (Å²) in [5.41, 5.74) is 1.88. The van der Waals surface area contributed by atoms with Crippen molar-refractivity contribution in [3.05, 3.63) is 42.2 Å². The summed E-state index contributed by atoms with van der Waals surface area (Å²) in [6, 6.07) is 9.14. The number of fused-ring (bicyclic) bond motifs is 3. The summed E-state index contributed by atoms with van der Waals surface area (Å²) in [5, 5.41) is 10.8. The molecule has 0 spiro atoms. The van der Waals surface area contributed by atoms with E-state index >= 15 is 0 Å². The average molecular weight is 212 g/mol. The minimum absolute atomic E-state index is 0.200. The number of hydrogen-bond acceptors (Lipinski definition) is 2. The van der Waals surface area contributed by atoms with Gasteiger partial charge in [-0.3, -0.25) is 4.98 Å². The second-order valence-corrected chi connectivity index (χ2v) is 3.59. The third-order valence-corrected chi connectivity index (χ3v) is 2.62. The van der Waals surface area contributed by atoms with Gasteiger partial charge in [-0.2, -0.15) is 0 Å². The van der Waals surface area contributed by atoms with Crippen molar-refractivity contribution >= 4 is 27.8 Å². The Hall–Kier alpha value is -2.36. The molecule has 2 N–H and O–H groups in total. The highest BCUT2D eigenvalue weighted by Gasteiger charge is 2.09. The molecule has 3 aromatic rings. The summed E-state index contributed by atoms with van der Waals surface area (Å²) in [6.07, 6.45) is 1.72. The molecule has 0 fully saturated rings. The minimum Gasteiger partial charge on any atom is -0.477 e. The molecule has 0 aliphatic rings. The van der Waals surface area contributed by atoms with Gasteiger partial charge >= 0.3 is 5.97 Å². The molecule has 0 unspecified atom stereocenters. The van der Waals surface area contributed by atoms with Gasteiger partial charge in [0, 0.05) is 22.5 Å². The second-order valence-electron chi connectivity index (χ2n) is 3.59. The first-order valence-electron chi connectivity index (χ1n) is 4.85. The first kappa shape index (κ1) is 8.91. The van der Waals surface area contributed by atoms with Crippen LogP contribution in [0.25, 0.3) is 21.8 Å². The van der Waals surface area contributed by atoms with E-state index in [4.69, 9.17) is 5.11 Å². The van der Waals surface area contributed by atoms with E-state index in [1.165, 1.54) is 0 Å². The Morgan fingerprint density at radius 3 is 2.94 bits per heavy atom. The summed E-state index contributed by atoms with van der Waals surface area (Å²) >= 11 is 0. The van der Waals surface area contributed by atoms with E-state index in [1.54, 1.807) is 12.3 Å². The second kappa shape index (κ2) is 3.06. The fraction of sp³-hybridized carbons (Fsp3) is 0. The van der Waals surface area contributed by atoms with Crippen molar-refractivity contribution in [3.8, 4) is 0 Å². The van der Waals surface area contributed by atoms with Gasteiger partial charge in [0.05, 0.1) is 5.52 Å². The van der Waals surface area contributed by atoms with Crippen molar-refractivity contribution in [2.24, 2.45) is 0 Å². The van der Waals surface area contributed by atoms with E-state index in [1.807, 2.05) is 24.3 Å². The van der Waals surface area contributed by atoms with Crippen LogP contribution in [0.5, 0.6) is 0 Å². The number of nitrogens with one attached hydrogen (secondary N) is 1. The fourth-order valence-electron chi connectivity index (χ4n) is 1.88. The third kappa shape index (κ3) is 1.16. The summed E-state index contributed by atoms with van der Waals surface area (Å²) in [4.78, 5) is 17.9. The first-order valence-corrected chi connectivity index (χ1v) is 4.85. The van der Waals surface area contributed by atoms with Crippen molar-refractivity contribution in [3.63, 3.8) is 0 Å². The number of carboxylic acids is 1. The Bertz CT molecular complexity index is 700. The van der Waals surface area contributed by atoms with Gasteiger partial charge in [-0.15, -0.1) is 0 Å². The molecule has 4 heteroatoms. The summed E-state index contributed by atoms with van der Waals surface area (Å²) in [7, 11) is 0. The average Bonchev–Trinajstić information content (AvgIpc) is 2.73. The van der Waals surface area contributed by atoms with Crippen LogP contribution in [0.1, 0.15) is 10.5 Å². The Morgan fingerprint density at radius 1 is 1.25 bits per heavy atom. The molecule has 0 saturated heterocycles. The van der Waals surface area contributed by atoms with Crippen LogP contribution < -0.4 is 0 Å². The zero-order valence-corrected chi connectivity index (χ0v) is 8.27. The van der Waals surface area contributed by atoms with Gasteiger partial charge in [-0.1, -0.05) is 6.07 Å². The van der Waals surface area contributed by atoms with Crippen LogP contribution in [-0.4, -0.2) is 21.0 Å². The third-order valence-electron chi connectivity index (χ3n) is 2.62. The maximum atomic E-state index is 10.9. The number of H-pyrrole nitrogens is 1. The zero-order valence-electron chi connectivity index (χ0n) is 8.27. The van der Waals surface area contributed by atoms with Gasteiger partial charge in [0.15, 0.2) is 0 Å². The van der Waals surface area contributed by atoms with Crippen LogP contribution in [0.15, 0.2) is 36.5 Å². The Balaban J connectivity index is 2.46. The van der Waals surface area contributed by atoms with E-state index < -0.39 is 5.97 Å². The number of pyridine rings is 1. The summed E-state index contributed by atoms with van der Waals surface area (Å²) < 4.78 is 0. The predicted molar refractivity (Wildman–Crippen MR) is 60.6 cm³/mol. The van der Waals surface area contributed by atoms with Crippen LogP contribution in [-0.2, 0) is 0 Å². The van der Waals surface area contributed by atoms with Gasteiger partial charge in [-0.25, -0.2) is 4.79 Å². The lowest BCUT2D eigenvalue weighted by Gasteiger charge is -1.96. The van der Waals surface area contributed by atoms with Gasteiger partial charge in [-0.05, 0) is 24.3 Å². The maximum absolute atomic E-state index is 10.9. The minimum atomic E-state index is -0.951. The normalized spacial score (nSPS) is 11.0. The molecule has 3 rings (SSSR count). The molecular weight excluding hydrogens is 204 g/mol. The topological polar surface area (TPSA) is 66.0 Å². The van der Waals surface area contributed by atoms with Gasteiger partial charge in [0.25, 0.3) is 0 Å². The molecule has 0 radical (unpaired) electrons. The quantitative estimate of drug-likeness (QED) is 0.651. The number of carboxylic acid groups (broad SMARTS) is 1. The number of aromatic carboxylic acids is 1. The molecule has 0 amide bonds. The molecule has 0 saturated carbocycles. The van der Waals surface area contributed by atoms with Crippen molar-refractivity contribution < 1.29 is 9.90 Å². The monoisotopic (exact) mass is 212 g/mol. The highest BCUT2D eigenvalue weighted by atomic mass is 16.4. The molecule has 0 atom stereocenters. The zero-order chi connectivity index (χ0) is 11.1. The number of benzene rings is 1. The van der Waals surface area contributed by atoms with E-state index in [2.05, 4.69) is 9.97 Å². The maximum Gasteiger partial charge on any atom is 0.352 e. The van der Waals surface area contributed by atoms with Crippen molar-refractivity contribution in [1.29, 1.82) is 0 Å². The number of aromatic nitrogens is 2. The van der Waals surface area contributed by atoms with Crippen LogP contribution in [0, 0.1) is 0 Å². The van der Waals surface area contributed by atoms with Gasteiger partial charge < -0.3 is 10.1 Å². The Labute approximate surface area is 90.5 Å². The van der Waals surface area contributed by atoms with Gasteiger partial charge in [0.1, 0.15) is 5.69 Å². The SMILES string of the molecule is O=C(O)c1cc2c(ccc3ncccc32)[nH]1. The highest BCUT2D eigenvalue weighted by molar-refractivity contribution is 6.07. The molecule has 4 nitrogen and oxygen atoms in total. The number of carbonyl (C=O) groups is 1. The molecule has 0 bridgehead atoms. The Kier molecular flexibility index (Phi) is 1.71. The van der Waals surface area contributed by atoms with E-state index in [-0.39, 0.29) is 5.69 Å². The number of hydrogen-bond donors (Lipinski definition) is 2. The lowest BCUT2D eigenvalue weighted by atomic mass is 10.1. The number of rotatable bonds is 1. The number of aromatic amines is 1. The van der Waals surface area contributed by atoms with E-state index in [0.717, 1.165) is 21.8 Å². The van der Waals surface area contributed by atoms with E-state index in [9.17, 15) is 4.79 Å². The molecule has 2 heterocycles. The summed E-state index contributed by atoms with van der Waals surface area (Å²) in [5.74, 6) is -0.951. The molecule has 1 aromatic carbocycles. The lowest BCUT2D eigenvalue weighted by molar-refractivity contribution is 0.0691. The van der Waals surface area contributed by atoms with Crippen molar-refractivity contribution in [2.45, 2.75) is 0 Å². The van der Waals surface area contributed by atoms with Crippen molar-refractivity contribution in [2.75, 3.05) is 0 Å². The fourth-order valence-corrected chi connectivity index (χ4v) is 1.88.